The molecule has 0 saturated carbocycles. The van der Waals surface area contributed by atoms with Gasteiger partial charge < -0.3 is 16.2 Å². The molecule has 0 spiro atoms. The zero-order valence-electron chi connectivity index (χ0n) is 7.40. The van der Waals surface area contributed by atoms with Crippen molar-refractivity contribution in [3.8, 4) is 0 Å². The minimum absolute atomic E-state index is 0.0271. The zero-order chi connectivity index (χ0) is 11.1. The number of carboxylic acid groups (broad SMARTS) is 1. The highest BCUT2D eigenvalue weighted by molar-refractivity contribution is 7.81. The summed E-state index contributed by atoms with van der Waals surface area (Å²) in [5, 5.41) is 9.78. The molecule has 0 aromatic rings. The van der Waals surface area contributed by atoms with Crippen molar-refractivity contribution in [1.82, 2.24) is 5.32 Å². The fraction of sp³-hybridized carbons (Fsp3) is 0.571. The lowest BCUT2D eigenvalue weighted by molar-refractivity contribution is -0.138. The molecule has 0 aromatic carbocycles. The molecular formula is C7H12N2O4S. The SMILES string of the molecule is NC(=O)CCNC(=O)[C@@H](S)CC(=O)O. The van der Waals surface area contributed by atoms with E-state index in [1.165, 1.54) is 0 Å². The number of carboxylic acids is 1. The van der Waals surface area contributed by atoms with Crippen molar-refractivity contribution in [3.63, 3.8) is 0 Å². The van der Waals surface area contributed by atoms with Gasteiger partial charge in [-0.1, -0.05) is 0 Å². The van der Waals surface area contributed by atoms with E-state index in [9.17, 15) is 14.4 Å². The Hall–Kier alpha value is -1.24. The van der Waals surface area contributed by atoms with Crippen molar-refractivity contribution in [2.75, 3.05) is 6.54 Å². The Morgan fingerprint density at radius 3 is 2.43 bits per heavy atom. The van der Waals surface area contributed by atoms with Gasteiger partial charge in [0.05, 0.1) is 11.7 Å². The smallest absolute Gasteiger partial charge is 0.304 e. The van der Waals surface area contributed by atoms with E-state index in [1.54, 1.807) is 0 Å². The number of carbonyl (C=O) groups excluding carboxylic acids is 2. The Labute approximate surface area is 86.3 Å². The largest absolute Gasteiger partial charge is 0.481 e. The molecule has 0 radical (unpaired) electrons. The van der Waals surface area contributed by atoms with E-state index in [4.69, 9.17) is 10.8 Å². The number of nitrogens with two attached hydrogens (primary N) is 1. The summed E-state index contributed by atoms with van der Waals surface area (Å²) in [6.07, 6.45) is -0.329. The van der Waals surface area contributed by atoms with Crippen LogP contribution in [0.1, 0.15) is 12.8 Å². The summed E-state index contributed by atoms with van der Waals surface area (Å²) >= 11 is 3.78. The Balaban J connectivity index is 3.73. The third-order valence-corrected chi connectivity index (χ3v) is 1.76. The quantitative estimate of drug-likeness (QED) is 0.419. The summed E-state index contributed by atoms with van der Waals surface area (Å²) in [6, 6.07) is 0. The number of hydrogen-bond acceptors (Lipinski definition) is 4. The molecule has 0 aromatic heterocycles. The summed E-state index contributed by atoms with van der Waals surface area (Å²) < 4.78 is 0. The Bertz CT molecular complexity index is 244. The van der Waals surface area contributed by atoms with Crippen molar-refractivity contribution in [1.29, 1.82) is 0 Å². The standard InChI is InChI=1S/C7H12N2O4S/c8-5(10)1-2-9-7(13)4(14)3-6(11)12/h4,14H,1-3H2,(H2,8,10)(H,9,13)(H,11,12)/t4-/m0/s1. The number of hydrogen-bond donors (Lipinski definition) is 4. The lowest BCUT2D eigenvalue weighted by atomic mass is 10.3. The molecule has 0 saturated heterocycles. The zero-order valence-corrected chi connectivity index (χ0v) is 8.29. The second-order valence-corrected chi connectivity index (χ2v) is 3.24. The number of nitrogens with one attached hydrogen (secondary N) is 1. The highest BCUT2D eigenvalue weighted by atomic mass is 32.1. The summed E-state index contributed by atoms with van der Waals surface area (Å²) in [4.78, 5) is 31.5. The van der Waals surface area contributed by atoms with Gasteiger partial charge in [-0.3, -0.25) is 14.4 Å². The highest BCUT2D eigenvalue weighted by Crippen LogP contribution is 2.00. The van der Waals surface area contributed by atoms with Crippen LogP contribution in [0.3, 0.4) is 0 Å². The van der Waals surface area contributed by atoms with Gasteiger partial charge in [-0.05, 0) is 0 Å². The second kappa shape index (κ2) is 6.25. The van der Waals surface area contributed by atoms with Crippen LogP contribution in [0.2, 0.25) is 0 Å². The molecule has 2 amide bonds. The van der Waals surface area contributed by atoms with Gasteiger partial charge in [0.15, 0.2) is 0 Å². The summed E-state index contributed by atoms with van der Waals surface area (Å²) in [5.41, 5.74) is 4.83. The normalized spacial score (nSPS) is 11.8. The molecule has 6 nitrogen and oxygen atoms in total. The first kappa shape index (κ1) is 12.8. The predicted octanol–water partition coefficient (Wildman–Crippen LogP) is -1.25. The van der Waals surface area contributed by atoms with Gasteiger partial charge >= 0.3 is 5.97 Å². The van der Waals surface area contributed by atoms with Crippen LogP contribution in [0.5, 0.6) is 0 Å². The van der Waals surface area contributed by atoms with Crippen molar-refractivity contribution in [2.45, 2.75) is 18.1 Å². The molecule has 0 rings (SSSR count). The summed E-state index contributed by atoms with van der Waals surface area (Å²) in [6.45, 7) is 0.102. The maximum atomic E-state index is 11.1. The maximum absolute atomic E-state index is 11.1. The first-order chi connectivity index (χ1) is 6.43. The molecule has 0 unspecified atom stereocenters. The lowest BCUT2D eigenvalue weighted by Crippen LogP contribution is -2.34. The van der Waals surface area contributed by atoms with Crippen molar-refractivity contribution in [3.05, 3.63) is 0 Å². The van der Waals surface area contributed by atoms with Gasteiger partial charge in [0, 0.05) is 13.0 Å². The van der Waals surface area contributed by atoms with Crippen LogP contribution in [0, 0.1) is 0 Å². The molecule has 0 fully saturated rings. The first-order valence-electron chi connectivity index (χ1n) is 3.89. The monoisotopic (exact) mass is 220 g/mol. The average Bonchev–Trinajstić information content (AvgIpc) is 2.01. The van der Waals surface area contributed by atoms with Crippen LogP contribution in [0.25, 0.3) is 0 Å². The van der Waals surface area contributed by atoms with E-state index in [0.717, 1.165) is 0 Å². The highest BCUT2D eigenvalue weighted by Gasteiger charge is 2.16. The van der Waals surface area contributed by atoms with E-state index in [2.05, 4.69) is 17.9 Å². The third kappa shape index (κ3) is 6.30. The molecule has 0 aliphatic heterocycles. The molecule has 0 aliphatic rings. The Morgan fingerprint density at radius 2 is 2.00 bits per heavy atom. The minimum atomic E-state index is -1.10. The van der Waals surface area contributed by atoms with E-state index >= 15 is 0 Å². The van der Waals surface area contributed by atoms with Gasteiger partial charge in [0.1, 0.15) is 0 Å². The molecule has 1 atom stereocenters. The minimum Gasteiger partial charge on any atom is -0.481 e. The molecule has 0 aliphatic carbocycles. The van der Waals surface area contributed by atoms with Crippen LogP contribution < -0.4 is 11.1 Å². The van der Waals surface area contributed by atoms with Crippen LogP contribution in [-0.4, -0.2) is 34.7 Å². The third-order valence-electron chi connectivity index (χ3n) is 1.34. The van der Waals surface area contributed by atoms with Crippen LogP contribution in [0.15, 0.2) is 0 Å². The Morgan fingerprint density at radius 1 is 1.43 bits per heavy atom. The van der Waals surface area contributed by atoms with Crippen LogP contribution in [0.4, 0.5) is 0 Å². The Kier molecular flexibility index (Phi) is 5.70. The van der Waals surface area contributed by atoms with E-state index in [0.29, 0.717) is 0 Å². The first-order valence-corrected chi connectivity index (χ1v) is 4.41. The van der Waals surface area contributed by atoms with Crippen LogP contribution in [-0.2, 0) is 14.4 Å². The number of amides is 2. The van der Waals surface area contributed by atoms with Crippen molar-refractivity contribution >= 4 is 30.4 Å². The number of aliphatic carboxylic acids is 1. The number of rotatable bonds is 6. The fourth-order valence-corrected chi connectivity index (χ4v) is 0.932. The maximum Gasteiger partial charge on any atom is 0.304 e. The average molecular weight is 220 g/mol. The number of primary amides is 1. The van der Waals surface area contributed by atoms with Gasteiger partial charge in [-0.2, -0.15) is 12.6 Å². The van der Waals surface area contributed by atoms with E-state index < -0.39 is 23.0 Å². The van der Waals surface area contributed by atoms with Gasteiger partial charge in [-0.25, -0.2) is 0 Å². The van der Waals surface area contributed by atoms with Gasteiger partial charge in [0.25, 0.3) is 0 Å². The predicted molar refractivity (Wildman–Crippen MR) is 51.8 cm³/mol. The molecule has 7 heteroatoms. The van der Waals surface area contributed by atoms with E-state index in [1.807, 2.05) is 0 Å². The second-order valence-electron chi connectivity index (χ2n) is 2.62. The van der Waals surface area contributed by atoms with Gasteiger partial charge in [-0.15, -0.1) is 0 Å². The van der Waals surface area contributed by atoms with E-state index in [-0.39, 0.29) is 19.4 Å². The van der Waals surface area contributed by atoms with Gasteiger partial charge in [0.2, 0.25) is 11.8 Å². The van der Waals surface area contributed by atoms with Crippen molar-refractivity contribution < 1.29 is 19.5 Å². The molecule has 0 bridgehead atoms. The topological polar surface area (TPSA) is 109 Å². The fourth-order valence-electron chi connectivity index (χ4n) is 0.685. The number of carbonyl (C=O) groups is 3. The molecule has 80 valence electrons. The molecule has 4 N–H and O–H groups in total. The lowest BCUT2D eigenvalue weighted by Gasteiger charge is -2.08. The molecule has 14 heavy (non-hydrogen) atoms. The summed E-state index contributed by atoms with van der Waals surface area (Å²) in [7, 11) is 0. The summed E-state index contributed by atoms with van der Waals surface area (Å²) in [5.74, 6) is -2.15. The van der Waals surface area contributed by atoms with Crippen LogP contribution >= 0.6 is 12.6 Å². The molecular weight excluding hydrogens is 208 g/mol. The van der Waals surface area contributed by atoms with Crippen molar-refractivity contribution in [2.24, 2.45) is 5.73 Å². The number of thiol groups is 1. The molecule has 0 heterocycles.